The van der Waals surface area contributed by atoms with Crippen LogP contribution in [0.25, 0.3) is 0 Å². The summed E-state index contributed by atoms with van der Waals surface area (Å²) in [5.74, 6) is -1.85. The highest BCUT2D eigenvalue weighted by atomic mass is 35.6. The van der Waals surface area contributed by atoms with Crippen molar-refractivity contribution >= 4 is 46.6 Å². The third-order valence-electron chi connectivity index (χ3n) is 2.09. The van der Waals surface area contributed by atoms with Gasteiger partial charge in [0.15, 0.2) is 0 Å². The summed E-state index contributed by atoms with van der Waals surface area (Å²) in [5.41, 5.74) is 0.640. The fraction of sp³-hybridized carbons (Fsp3) is 0.300. The van der Waals surface area contributed by atoms with E-state index in [1.165, 1.54) is 12.5 Å². The molecule has 1 rings (SSSR count). The van der Waals surface area contributed by atoms with Crippen LogP contribution in [-0.4, -0.2) is 36.7 Å². The molecule has 1 heterocycles. The number of nitrogens with zero attached hydrogens (tertiary/aromatic N) is 1. The summed E-state index contributed by atoms with van der Waals surface area (Å²) in [6, 6.07) is -0.931. The molecule has 0 aromatic carbocycles. The Morgan fingerprint density at radius 1 is 1.53 bits per heavy atom. The number of aliphatic carboxylic acids is 1. The first kappa shape index (κ1) is 15.8. The summed E-state index contributed by atoms with van der Waals surface area (Å²) >= 11 is 16.0. The van der Waals surface area contributed by atoms with Gasteiger partial charge in [0, 0.05) is 30.6 Å². The number of hydrogen-bond donors (Lipinski definition) is 3. The molecule has 0 saturated carbocycles. The van der Waals surface area contributed by atoms with Crippen molar-refractivity contribution in [1.29, 1.82) is 0 Å². The molecular formula is C10H10Cl3N3O3. The third-order valence-corrected chi connectivity index (χ3v) is 2.65. The molecule has 0 bridgehead atoms. The minimum Gasteiger partial charge on any atom is -0.480 e. The Bertz CT molecular complexity index is 468. The smallest absolute Gasteiger partial charge is 0.326 e. The standard InChI is InChI=1S/C10H10Cl3N3O3/c11-10(12,13)8(17)1-2-15-7(9(18)19)3-6-4-14-5-16-6/h1-2,4-5,7,15H,3H2,(H,14,16)(H,18,19)/b2-1-/t7-/m0/s1. The van der Waals surface area contributed by atoms with Gasteiger partial charge in [0.25, 0.3) is 3.79 Å². The van der Waals surface area contributed by atoms with Crippen LogP contribution in [0.1, 0.15) is 5.69 Å². The summed E-state index contributed by atoms with van der Waals surface area (Å²) in [4.78, 5) is 28.8. The number of halogens is 3. The highest BCUT2D eigenvalue weighted by Crippen LogP contribution is 2.27. The van der Waals surface area contributed by atoms with E-state index in [1.54, 1.807) is 0 Å². The maximum absolute atomic E-state index is 11.2. The third kappa shape index (κ3) is 5.50. The van der Waals surface area contributed by atoms with Crippen molar-refractivity contribution in [2.24, 2.45) is 0 Å². The lowest BCUT2D eigenvalue weighted by Crippen LogP contribution is -2.35. The Morgan fingerprint density at radius 3 is 2.68 bits per heavy atom. The number of carboxylic acid groups (broad SMARTS) is 1. The second-order valence-electron chi connectivity index (χ2n) is 3.53. The number of carbonyl (C=O) groups is 2. The Hall–Kier alpha value is -1.24. The fourth-order valence-electron chi connectivity index (χ4n) is 1.17. The summed E-state index contributed by atoms with van der Waals surface area (Å²) in [6.45, 7) is 0. The van der Waals surface area contributed by atoms with E-state index in [0.717, 1.165) is 12.3 Å². The van der Waals surface area contributed by atoms with E-state index in [0.29, 0.717) is 5.69 Å². The zero-order chi connectivity index (χ0) is 14.5. The number of rotatable bonds is 6. The Kier molecular flexibility index (Phi) is 5.65. The molecular weight excluding hydrogens is 316 g/mol. The van der Waals surface area contributed by atoms with Gasteiger partial charge in [-0.15, -0.1) is 0 Å². The van der Waals surface area contributed by atoms with Gasteiger partial charge in [0.1, 0.15) is 6.04 Å². The molecule has 19 heavy (non-hydrogen) atoms. The van der Waals surface area contributed by atoms with Gasteiger partial charge in [-0.25, -0.2) is 9.78 Å². The zero-order valence-electron chi connectivity index (χ0n) is 9.44. The summed E-state index contributed by atoms with van der Waals surface area (Å²) in [7, 11) is 0. The lowest BCUT2D eigenvalue weighted by atomic mass is 10.1. The van der Waals surface area contributed by atoms with Gasteiger partial charge in [-0.2, -0.15) is 0 Å². The van der Waals surface area contributed by atoms with Gasteiger partial charge >= 0.3 is 5.97 Å². The van der Waals surface area contributed by atoms with Crippen molar-refractivity contribution in [2.45, 2.75) is 16.3 Å². The topological polar surface area (TPSA) is 95.1 Å². The number of aromatic nitrogens is 2. The van der Waals surface area contributed by atoms with Crippen molar-refractivity contribution in [2.75, 3.05) is 0 Å². The molecule has 0 fully saturated rings. The number of H-pyrrole nitrogens is 1. The molecule has 0 aliphatic carbocycles. The number of imidazole rings is 1. The molecule has 0 spiro atoms. The molecule has 0 aliphatic rings. The lowest BCUT2D eigenvalue weighted by molar-refractivity contribution is -0.139. The van der Waals surface area contributed by atoms with E-state index in [9.17, 15) is 9.59 Å². The van der Waals surface area contributed by atoms with Gasteiger partial charge < -0.3 is 15.4 Å². The molecule has 0 radical (unpaired) electrons. The fourth-order valence-corrected chi connectivity index (χ4v) is 1.36. The highest BCUT2D eigenvalue weighted by molar-refractivity contribution is 6.77. The van der Waals surface area contributed by atoms with Gasteiger partial charge in [-0.1, -0.05) is 34.8 Å². The van der Waals surface area contributed by atoms with Crippen LogP contribution in [0.4, 0.5) is 0 Å². The van der Waals surface area contributed by atoms with E-state index in [2.05, 4.69) is 15.3 Å². The number of hydrogen-bond acceptors (Lipinski definition) is 4. The molecule has 1 atom stereocenters. The minimum atomic E-state index is -2.06. The van der Waals surface area contributed by atoms with Crippen LogP contribution >= 0.6 is 34.8 Å². The van der Waals surface area contributed by atoms with Gasteiger partial charge in [-0.3, -0.25) is 4.79 Å². The van der Waals surface area contributed by atoms with Crippen molar-refractivity contribution in [3.05, 3.63) is 30.5 Å². The van der Waals surface area contributed by atoms with Crippen molar-refractivity contribution in [3.8, 4) is 0 Å². The summed E-state index contributed by atoms with van der Waals surface area (Å²) in [5, 5.41) is 11.5. The number of aromatic amines is 1. The second kappa shape index (κ2) is 6.79. The Morgan fingerprint density at radius 2 is 2.21 bits per heavy atom. The average Bonchev–Trinajstić information content (AvgIpc) is 2.78. The first-order valence-corrected chi connectivity index (χ1v) is 6.18. The van der Waals surface area contributed by atoms with E-state index < -0.39 is 21.6 Å². The molecule has 0 amide bonds. The molecule has 6 nitrogen and oxygen atoms in total. The van der Waals surface area contributed by atoms with Crippen molar-refractivity contribution in [1.82, 2.24) is 15.3 Å². The maximum atomic E-state index is 11.2. The number of carbonyl (C=O) groups excluding carboxylic acids is 1. The number of carboxylic acids is 1. The normalized spacial score (nSPS) is 13.4. The molecule has 1 aromatic rings. The van der Waals surface area contributed by atoms with E-state index in [4.69, 9.17) is 39.9 Å². The van der Waals surface area contributed by atoms with Gasteiger partial charge in [0.2, 0.25) is 5.78 Å². The first-order valence-electron chi connectivity index (χ1n) is 5.04. The average molecular weight is 327 g/mol. The number of nitrogens with one attached hydrogen (secondary N) is 2. The molecule has 3 N–H and O–H groups in total. The summed E-state index contributed by atoms with van der Waals surface area (Å²) in [6.07, 6.45) is 5.22. The van der Waals surface area contributed by atoms with Crippen LogP contribution < -0.4 is 5.32 Å². The maximum Gasteiger partial charge on any atom is 0.326 e. The van der Waals surface area contributed by atoms with E-state index in [1.807, 2.05) is 0 Å². The highest BCUT2D eigenvalue weighted by Gasteiger charge is 2.28. The van der Waals surface area contributed by atoms with E-state index >= 15 is 0 Å². The molecule has 0 aliphatic heterocycles. The van der Waals surface area contributed by atoms with Crippen LogP contribution in [-0.2, 0) is 16.0 Å². The molecule has 0 unspecified atom stereocenters. The quantitative estimate of drug-likeness (QED) is 0.543. The van der Waals surface area contributed by atoms with Crippen LogP contribution in [0.3, 0.4) is 0 Å². The van der Waals surface area contributed by atoms with Crippen LogP contribution in [0, 0.1) is 0 Å². The van der Waals surface area contributed by atoms with Gasteiger partial charge in [-0.05, 0) is 0 Å². The minimum absolute atomic E-state index is 0.168. The lowest BCUT2D eigenvalue weighted by Gasteiger charge is -2.11. The van der Waals surface area contributed by atoms with Gasteiger partial charge in [0.05, 0.1) is 6.33 Å². The van der Waals surface area contributed by atoms with Crippen molar-refractivity contribution < 1.29 is 14.7 Å². The Labute approximate surface area is 123 Å². The second-order valence-corrected chi connectivity index (χ2v) is 5.82. The largest absolute Gasteiger partial charge is 0.480 e. The number of allylic oxidation sites excluding steroid dienone is 1. The molecule has 1 aromatic heterocycles. The van der Waals surface area contributed by atoms with Crippen LogP contribution in [0.5, 0.6) is 0 Å². The predicted molar refractivity (Wildman–Crippen MR) is 71.3 cm³/mol. The van der Waals surface area contributed by atoms with Crippen LogP contribution in [0.15, 0.2) is 24.8 Å². The van der Waals surface area contributed by atoms with E-state index in [-0.39, 0.29) is 6.42 Å². The number of alkyl halides is 3. The molecule has 0 saturated heterocycles. The molecule has 104 valence electrons. The molecule has 9 heteroatoms. The SMILES string of the molecule is O=C(O)[C@H](Cc1cnc[nH]1)N/C=C\C(=O)C(Cl)(Cl)Cl. The first-order chi connectivity index (χ1) is 8.80. The zero-order valence-corrected chi connectivity index (χ0v) is 11.7. The van der Waals surface area contributed by atoms with Crippen LogP contribution in [0.2, 0.25) is 0 Å². The Balaban J connectivity index is 2.58. The van der Waals surface area contributed by atoms with Crippen molar-refractivity contribution in [3.63, 3.8) is 0 Å². The predicted octanol–water partition coefficient (Wildman–Crippen LogP) is 1.45. The number of ketones is 1. The monoisotopic (exact) mass is 325 g/mol. The summed E-state index contributed by atoms with van der Waals surface area (Å²) < 4.78 is -2.06.